The van der Waals surface area contributed by atoms with E-state index in [4.69, 9.17) is 10.5 Å². The zero-order valence-electron chi connectivity index (χ0n) is 9.69. The highest BCUT2D eigenvalue weighted by atomic mass is 32.1. The Morgan fingerprint density at radius 2 is 2.31 bits per heavy atom. The van der Waals surface area contributed by atoms with E-state index in [9.17, 15) is 0 Å². The lowest BCUT2D eigenvalue weighted by atomic mass is 10.2. The minimum atomic E-state index is 0.272. The first-order valence-corrected chi connectivity index (χ1v) is 6.60. The summed E-state index contributed by atoms with van der Waals surface area (Å²) in [5, 5.41) is 1.13. The SMILES string of the molecule is C[C@@H](N)CCc1cnc(N2CCOCC2)s1. The molecule has 0 unspecified atom stereocenters. The molecule has 1 aromatic heterocycles. The second-order valence-corrected chi connectivity index (χ2v) is 5.32. The van der Waals surface area contributed by atoms with Gasteiger partial charge in [-0.25, -0.2) is 4.98 Å². The van der Waals surface area contributed by atoms with Crippen molar-refractivity contribution in [3.63, 3.8) is 0 Å². The molecular formula is C11H19N3OS. The third-order valence-electron chi connectivity index (χ3n) is 2.67. The highest BCUT2D eigenvalue weighted by molar-refractivity contribution is 7.15. The molecule has 0 bridgehead atoms. The second-order valence-electron chi connectivity index (χ2n) is 4.22. The summed E-state index contributed by atoms with van der Waals surface area (Å²) in [4.78, 5) is 8.09. The maximum atomic E-state index is 5.75. The lowest BCUT2D eigenvalue weighted by Crippen LogP contribution is -2.36. The van der Waals surface area contributed by atoms with Crippen LogP contribution >= 0.6 is 11.3 Å². The molecule has 0 aliphatic carbocycles. The van der Waals surface area contributed by atoms with Crippen LogP contribution in [0.3, 0.4) is 0 Å². The summed E-state index contributed by atoms with van der Waals surface area (Å²) in [6.45, 7) is 5.59. The fraction of sp³-hybridized carbons (Fsp3) is 0.727. The van der Waals surface area contributed by atoms with Crippen molar-refractivity contribution in [2.75, 3.05) is 31.2 Å². The van der Waals surface area contributed by atoms with Crippen LogP contribution in [-0.4, -0.2) is 37.3 Å². The monoisotopic (exact) mass is 241 g/mol. The molecule has 1 fully saturated rings. The summed E-state index contributed by atoms with van der Waals surface area (Å²) in [7, 11) is 0. The normalized spacial score (nSPS) is 18.8. The molecule has 0 radical (unpaired) electrons. The Morgan fingerprint density at radius 1 is 1.56 bits per heavy atom. The molecular weight excluding hydrogens is 222 g/mol. The van der Waals surface area contributed by atoms with Gasteiger partial charge in [-0.15, -0.1) is 11.3 Å². The number of rotatable bonds is 4. The Bertz CT molecular complexity index is 321. The Hall–Kier alpha value is -0.650. The fourth-order valence-corrected chi connectivity index (χ4v) is 2.66. The van der Waals surface area contributed by atoms with E-state index < -0.39 is 0 Å². The summed E-state index contributed by atoms with van der Waals surface area (Å²) >= 11 is 1.79. The van der Waals surface area contributed by atoms with Crippen molar-refractivity contribution in [3.05, 3.63) is 11.1 Å². The molecule has 1 aliphatic rings. The molecule has 1 aliphatic heterocycles. The zero-order valence-corrected chi connectivity index (χ0v) is 10.5. The summed E-state index contributed by atoms with van der Waals surface area (Å²) in [6, 6.07) is 0.272. The van der Waals surface area contributed by atoms with Crippen LogP contribution in [0.25, 0.3) is 0 Å². The molecule has 2 rings (SSSR count). The van der Waals surface area contributed by atoms with E-state index in [-0.39, 0.29) is 6.04 Å². The Labute approximate surface area is 100 Å². The minimum Gasteiger partial charge on any atom is -0.378 e. The number of aromatic nitrogens is 1. The van der Waals surface area contributed by atoms with Crippen molar-refractivity contribution in [1.82, 2.24) is 4.98 Å². The van der Waals surface area contributed by atoms with E-state index in [2.05, 4.69) is 9.88 Å². The second kappa shape index (κ2) is 5.61. The molecule has 0 amide bonds. The van der Waals surface area contributed by atoms with E-state index in [0.29, 0.717) is 0 Å². The first kappa shape index (κ1) is 11.8. The van der Waals surface area contributed by atoms with Gasteiger partial charge in [-0.3, -0.25) is 0 Å². The number of aryl methyl sites for hydroxylation is 1. The van der Waals surface area contributed by atoms with Gasteiger partial charge in [-0.05, 0) is 19.8 Å². The van der Waals surface area contributed by atoms with E-state index in [1.807, 2.05) is 13.1 Å². The highest BCUT2D eigenvalue weighted by Gasteiger charge is 2.14. The van der Waals surface area contributed by atoms with Crippen LogP contribution in [0.1, 0.15) is 18.2 Å². The molecule has 1 saturated heterocycles. The van der Waals surface area contributed by atoms with Crippen molar-refractivity contribution in [1.29, 1.82) is 0 Å². The molecule has 5 heteroatoms. The topological polar surface area (TPSA) is 51.4 Å². The molecule has 0 saturated carbocycles. The largest absolute Gasteiger partial charge is 0.378 e. The Kier molecular flexibility index (Phi) is 4.15. The quantitative estimate of drug-likeness (QED) is 0.862. The van der Waals surface area contributed by atoms with Crippen molar-refractivity contribution < 1.29 is 4.74 Å². The number of hydrogen-bond acceptors (Lipinski definition) is 5. The first-order valence-electron chi connectivity index (χ1n) is 5.78. The van der Waals surface area contributed by atoms with E-state index >= 15 is 0 Å². The van der Waals surface area contributed by atoms with Gasteiger partial charge in [0.25, 0.3) is 0 Å². The van der Waals surface area contributed by atoms with Gasteiger partial charge in [0.05, 0.1) is 13.2 Å². The number of ether oxygens (including phenoxy) is 1. The number of thiazole rings is 1. The van der Waals surface area contributed by atoms with Crippen LogP contribution in [-0.2, 0) is 11.2 Å². The van der Waals surface area contributed by atoms with Crippen molar-refractivity contribution in [3.8, 4) is 0 Å². The highest BCUT2D eigenvalue weighted by Crippen LogP contribution is 2.24. The molecule has 2 heterocycles. The average Bonchev–Trinajstić information content (AvgIpc) is 2.76. The standard InChI is InChI=1S/C11H19N3OS/c1-9(12)2-3-10-8-13-11(16-10)14-4-6-15-7-5-14/h8-9H,2-7,12H2,1H3/t9-/m1/s1. The first-order chi connectivity index (χ1) is 7.75. The van der Waals surface area contributed by atoms with Gasteiger partial charge in [0.2, 0.25) is 0 Å². The zero-order chi connectivity index (χ0) is 11.4. The molecule has 4 nitrogen and oxygen atoms in total. The van der Waals surface area contributed by atoms with Gasteiger partial charge in [-0.2, -0.15) is 0 Å². The lowest BCUT2D eigenvalue weighted by molar-refractivity contribution is 0.122. The lowest BCUT2D eigenvalue weighted by Gasteiger charge is -2.25. The molecule has 0 aromatic carbocycles. The summed E-state index contributed by atoms with van der Waals surface area (Å²) in [5.41, 5.74) is 5.75. The number of nitrogens with two attached hydrogens (primary N) is 1. The number of nitrogens with zero attached hydrogens (tertiary/aromatic N) is 2. The van der Waals surface area contributed by atoms with Crippen LogP contribution < -0.4 is 10.6 Å². The van der Waals surface area contributed by atoms with Crippen LogP contribution in [0.4, 0.5) is 5.13 Å². The number of anilines is 1. The molecule has 2 N–H and O–H groups in total. The molecule has 90 valence electrons. The van der Waals surface area contributed by atoms with E-state index in [1.54, 1.807) is 11.3 Å². The van der Waals surface area contributed by atoms with Gasteiger partial charge in [0.15, 0.2) is 5.13 Å². The van der Waals surface area contributed by atoms with E-state index in [0.717, 1.165) is 44.3 Å². The van der Waals surface area contributed by atoms with Crippen LogP contribution in [0.5, 0.6) is 0 Å². The molecule has 1 aromatic rings. The van der Waals surface area contributed by atoms with Crippen LogP contribution in [0, 0.1) is 0 Å². The number of hydrogen-bond donors (Lipinski definition) is 1. The van der Waals surface area contributed by atoms with E-state index in [1.165, 1.54) is 4.88 Å². The summed E-state index contributed by atoms with van der Waals surface area (Å²) < 4.78 is 5.33. The van der Waals surface area contributed by atoms with Crippen LogP contribution in [0.2, 0.25) is 0 Å². The predicted molar refractivity (Wildman–Crippen MR) is 67.1 cm³/mol. The maximum Gasteiger partial charge on any atom is 0.185 e. The van der Waals surface area contributed by atoms with Crippen molar-refractivity contribution >= 4 is 16.5 Å². The van der Waals surface area contributed by atoms with Gasteiger partial charge < -0.3 is 15.4 Å². The Balaban J connectivity index is 1.90. The molecule has 16 heavy (non-hydrogen) atoms. The smallest absolute Gasteiger partial charge is 0.185 e. The van der Waals surface area contributed by atoms with Gasteiger partial charge in [0.1, 0.15) is 0 Å². The fourth-order valence-electron chi connectivity index (χ4n) is 1.68. The van der Waals surface area contributed by atoms with Crippen LogP contribution in [0.15, 0.2) is 6.20 Å². The third-order valence-corrected chi connectivity index (χ3v) is 3.79. The van der Waals surface area contributed by atoms with Crippen molar-refractivity contribution in [2.24, 2.45) is 5.73 Å². The number of morpholine rings is 1. The van der Waals surface area contributed by atoms with Gasteiger partial charge in [0, 0.05) is 30.2 Å². The average molecular weight is 241 g/mol. The summed E-state index contributed by atoms with van der Waals surface area (Å²) in [6.07, 6.45) is 4.06. The molecule has 1 atom stereocenters. The minimum absolute atomic E-state index is 0.272. The summed E-state index contributed by atoms with van der Waals surface area (Å²) in [5.74, 6) is 0. The molecule has 0 spiro atoms. The van der Waals surface area contributed by atoms with Gasteiger partial charge >= 0.3 is 0 Å². The maximum absolute atomic E-state index is 5.75. The third kappa shape index (κ3) is 3.17. The Morgan fingerprint density at radius 3 is 3.00 bits per heavy atom. The van der Waals surface area contributed by atoms with Gasteiger partial charge in [-0.1, -0.05) is 0 Å². The van der Waals surface area contributed by atoms with Crippen molar-refractivity contribution in [2.45, 2.75) is 25.8 Å². The predicted octanol–water partition coefficient (Wildman–Crippen LogP) is 1.26.